The molecular weight excluding hydrogens is 206 g/mol. The van der Waals surface area contributed by atoms with Crippen LogP contribution in [0.2, 0.25) is 0 Å². The third-order valence-electron chi connectivity index (χ3n) is 2.50. The van der Waals surface area contributed by atoms with Crippen LogP contribution in [0.5, 0.6) is 0 Å². The summed E-state index contributed by atoms with van der Waals surface area (Å²) < 4.78 is 0. The Kier molecular flexibility index (Phi) is 4.88. The molecule has 0 spiro atoms. The number of nitrogens with zero attached hydrogens (tertiary/aromatic N) is 1. The quantitative estimate of drug-likeness (QED) is 0.436. The minimum absolute atomic E-state index is 0.0998. The smallest absolute Gasteiger partial charge is 0.274 e. The van der Waals surface area contributed by atoms with Gasteiger partial charge < -0.3 is 11.5 Å². The lowest BCUT2D eigenvalue weighted by atomic mass is 10.0. The molecule has 0 aliphatic heterocycles. The Labute approximate surface area is 94.6 Å². The molecule has 0 aliphatic rings. The number of nitro benzene ring substituents is 1. The third kappa shape index (κ3) is 3.29. The van der Waals surface area contributed by atoms with Crippen molar-refractivity contribution in [3.8, 4) is 0 Å². The van der Waals surface area contributed by atoms with Gasteiger partial charge in [-0.05, 0) is 19.4 Å². The fourth-order valence-electron chi connectivity index (χ4n) is 1.63. The molecular formula is C11H17N3O2. The predicted molar refractivity (Wildman–Crippen MR) is 62.9 cm³/mol. The summed E-state index contributed by atoms with van der Waals surface area (Å²) in [4.78, 5) is 10.4. The van der Waals surface area contributed by atoms with Gasteiger partial charge in [-0.3, -0.25) is 10.1 Å². The first-order valence-electron chi connectivity index (χ1n) is 5.35. The van der Waals surface area contributed by atoms with E-state index < -0.39 is 4.92 Å². The van der Waals surface area contributed by atoms with Gasteiger partial charge in [0.05, 0.1) is 4.92 Å². The van der Waals surface area contributed by atoms with Crippen molar-refractivity contribution < 1.29 is 4.92 Å². The number of nitro groups is 1. The first-order valence-corrected chi connectivity index (χ1v) is 5.35. The van der Waals surface area contributed by atoms with Gasteiger partial charge >= 0.3 is 0 Å². The maximum absolute atomic E-state index is 10.8. The van der Waals surface area contributed by atoms with E-state index in [1.165, 1.54) is 6.07 Å². The highest BCUT2D eigenvalue weighted by molar-refractivity contribution is 5.41. The summed E-state index contributed by atoms with van der Waals surface area (Å²) in [7, 11) is 0. The molecule has 1 rings (SSSR count). The van der Waals surface area contributed by atoms with Gasteiger partial charge in [-0.1, -0.05) is 24.6 Å². The highest BCUT2D eigenvalue weighted by Gasteiger charge is 2.17. The van der Waals surface area contributed by atoms with Crippen LogP contribution < -0.4 is 11.5 Å². The van der Waals surface area contributed by atoms with Crippen LogP contribution in [-0.4, -0.2) is 11.5 Å². The van der Waals surface area contributed by atoms with Gasteiger partial charge in [-0.2, -0.15) is 0 Å². The summed E-state index contributed by atoms with van der Waals surface area (Å²) in [6.07, 6.45) is 2.51. The van der Waals surface area contributed by atoms with E-state index in [1.807, 2.05) is 0 Å². The standard InChI is InChI=1S/C11H17N3O2/c12-8-4-3-6-10(13)9-5-1-2-7-11(9)14(15)16/h1-2,5,7,10H,3-4,6,8,12-13H2/t10-/m1/s1. The van der Waals surface area contributed by atoms with Crippen molar-refractivity contribution in [2.45, 2.75) is 25.3 Å². The number of benzene rings is 1. The Bertz CT molecular complexity index is 355. The van der Waals surface area contributed by atoms with Crippen LogP contribution in [0.25, 0.3) is 0 Å². The molecule has 0 fully saturated rings. The summed E-state index contributed by atoms with van der Waals surface area (Å²) in [5.41, 5.74) is 12.0. The molecule has 1 atom stereocenters. The van der Waals surface area contributed by atoms with Crippen molar-refractivity contribution in [1.29, 1.82) is 0 Å². The van der Waals surface area contributed by atoms with E-state index in [-0.39, 0.29) is 11.7 Å². The second-order valence-electron chi connectivity index (χ2n) is 3.71. The van der Waals surface area contributed by atoms with Crippen LogP contribution in [0.1, 0.15) is 30.9 Å². The predicted octanol–water partition coefficient (Wildman–Crippen LogP) is 1.72. The Morgan fingerprint density at radius 3 is 2.62 bits per heavy atom. The van der Waals surface area contributed by atoms with Gasteiger partial charge in [0.25, 0.3) is 5.69 Å². The minimum atomic E-state index is -0.391. The van der Waals surface area contributed by atoms with Gasteiger partial charge in [0, 0.05) is 17.7 Å². The summed E-state index contributed by atoms with van der Waals surface area (Å²) in [5.74, 6) is 0. The molecule has 0 radical (unpaired) electrons. The fraction of sp³-hybridized carbons (Fsp3) is 0.455. The lowest BCUT2D eigenvalue weighted by Gasteiger charge is -2.11. The van der Waals surface area contributed by atoms with Crippen LogP contribution >= 0.6 is 0 Å². The van der Waals surface area contributed by atoms with E-state index in [1.54, 1.807) is 18.2 Å². The Hall–Kier alpha value is -1.46. The zero-order valence-electron chi connectivity index (χ0n) is 9.13. The number of unbranched alkanes of at least 4 members (excludes halogenated alkanes) is 1. The van der Waals surface area contributed by atoms with Crippen molar-refractivity contribution in [2.75, 3.05) is 6.54 Å². The monoisotopic (exact) mass is 223 g/mol. The van der Waals surface area contributed by atoms with E-state index in [2.05, 4.69) is 0 Å². The third-order valence-corrected chi connectivity index (χ3v) is 2.50. The van der Waals surface area contributed by atoms with Gasteiger partial charge in [0.1, 0.15) is 0 Å². The summed E-state index contributed by atoms with van der Waals surface area (Å²) >= 11 is 0. The van der Waals surface area contributed by atoms with Crippen LogP contribution in [0, 0.1) is 10.1 Å². The molecule has 16 heavy (non-hydrogen) atoms. The molecule has 88 valence electrons. The molecule has 5 heteroatoms. The lowest BCUT2D eigenvalue weighted by Crippen LogP contribution is -2.13. The molecule has 0 amide bonds. The normalized spacial score (nSPS) is 12.4. The molecule has 0 saturated carbocycles. The Balaban J connectivity index is 2.74. The first-order chi connectivity index (χ1) is 7.66. The Morgan fingerprint density at radius 1 is 1.31 bits per heavy atom. The van der Waals surface area contributed by atoms with Crippen LogP contribution in [0.4, 0.5) is 5.69 Å². The highest BCUT2D eigenvalue weighted by atomic mass is 16.6. The molecule has 0 unspecified atom stereocenters. The van der Waals surface area contributed by atoms with Crippen molar-refractivity contribution in [1.82, 2.24) is 0 Å². The zero-order valence-corrected chi connectivity index (χ0v) is 9.13. The molecule has 4 N–H and O–H groups in total. The van der Waals surface area contributed by atoms with E-state index in [4.69, 9.17) is 11.5 Å². The van der Waals surface area contributed by atoms with E-state index in [9.17, 15) is 10.1 Å². The number of nitrogens with two attached hydrogens (primary N) is 2. The molecule has 5 nitrogen and oxygen atoms in total. The number of rotatable bonds is 6. The number of hydrogen-bond acceptors (Lipinski definition) is 4. The van der Waals surface area contributed by atoms with Crippen LogP contribution in [0.3, 0.4) is 0 Å². The topological polar surface area (TPSA) is 95.2 Å². The zero-order chi connectivity index (χ0) is 12.0. The number of para-hydroxylation sites is 1. The molecule has 0 heterocycles. The minimum Gasteiger partial charge on any atom is -0.330 e. The van der Waals surface area contributed by atoms with E-state index in [0.29, 0.717) is 12.1 Å². The van der Waals surface area contributed by atoms with Crippen molar-refractivity contribution in [3.05, 3.63) is 39.9 Å². The second-order valence-corrected chi connectivity index (χ2v) is 3.71. The molecule has 0 bridgehead atoms. The molecule has 0 aliphatic carbocycles. The summed E-state index contributed by atoms with van der Waals surface area (Å²) in [6, 6.07) is 6.33. The van der Waals surface area contributed by atoms with Gasteiger partial charge in [0.2, 0.25) is 0 Å². The van der Waals surface area contributed by atoms with Gasteiger partial charge in [-0.25, -0.2) is 0 Å². The first kappa shape index (κ1) is 12.6. The molecule has 0 aromatic heterocycles. The maximum Gasteiger partial charge on any atom is 0.274 e. The molecule has 1 aromatic rings. The molecule has 0 saturated heterocycles. The van der Waals surface area contributed by atoms with E-state index in [0.717, 1.165) is 19.3 Å². The highest BCUT2D eigenvalue weighted by Crippen LogP contribution is 2.26. The average Bonchev–Trinajstić information content (AvgIpc) is 2.29. The number of hydrogen-bond donors (Lipinski definition) is 2. The van der Waals surface area contributed by atoms with Crippen LogP contribution in [0.15, 0.2) is 24.3 Å². The summed E-state index contributed by atoms with van der Waals surface area (Å²) in [5, 5.41) is 10.8. The second kappa shape index (κ2) is 6.19. The van der Waals surface area contributed by atoms with E-state index >= 15 is 0 Å². The molecule has 1 aromatic carbocycles. The Morgan fingerprint density at radius 2 is 2.00 bits per heavy atom. The SMILES string of the molecule is NCCCC[C@@H](N)c1ccccc1[N+](=O)[O-]. The van der Waals surface area contributed by atoms with Crippen molar-refractivity contribution >= 4 is 5.69 Å². The maximum atomic E-state index is 10.8. The summed E-state index contributed by atoms with van der Waals surface area (Å²) in [6.45, 7) is 0.629. The average molecular weight is 223 g/mol. The fourth-order valence-corrected chi connectivity index (χ4v) is 1.63. The lowest BCUT2D eigenvalue weighted by molar-refractivity contribution is -0.385. The largest absolute Gasteiger partial charge is 0.330 e. The van der Waals surface area contributed by atoms with Crippen molar-refractivity contribution in [3.63, 3.8) is 0 Å². The van der Waals surface area contributed by atoms with Crippen LogP contribution in [-0.2, 0) is 0 Å². The van der Waals surface area contributed by atoms with Gasteiger partial charge in [-0.15, -0.1) is 0 Å². The van der Waals surface area contributed by atoms with Gasteiger partial charge in [0.15, 0.2) is 0 Å². The van der Waals surface area contributed by atoms with Crippen molar-refractivity contribution in [2.24, 2.45) is 11.5 Å².